The van der Waals surface area contributed by atoms with E-state index in [4.69, 9.17) is 0 Å². The predicted molar refractivity (Wildman–Crippen MR) is 71.5 cm³/mol. The smallest absolute Gasteiger partial charge is 0.150 e. The van der Waals surface area contributed by atoms with Crippen LogP contribution in [0.2, 0.25) is 0 Å². The number of aryl methyl sites for hydroxylation is 2. The number of hydrogen-bond acceptors (Lipinski definition) is 3. The summed E-state index contributed by atoms with van der Waals surface area (Å²) in [6.07, 6.45) is 4.64. The van der Waals surface area contributed by atoms with Gasteiger partial charge in [0.05, 0.1) is 12.1 Å². The largest absolute Gasteiger partial charge is 0.390 e. The quantitative estimate of drug-likeness (QED) is 0.898. The summed E-state index contributed by atoms with van der Waals surface area (Å²) in [5.41, 5.74) is -0.0216. The fraction of sp³-hybridized carbons (Fsp3) is 0.857. The lowest BCUT2D eigenvalue weighted by molar-refractivity contribution is -0.0310. The van der Waals surface area contributed by atoms with E-state index in [0.29, 0.717) is 0 Å². The lowest BCUT2D eigenvalue weighted by atomic mass is 9.72. The zero-order valence-corrected chi connectivity index (χ0v) is 12.0. The van der Waals surface area contributed by atoms with Crippen molar-refractivity contribution in [1.29, 1.82) is 0 Å². The molecule has 1 fully saturated rings. The number of aliphatic hydroxyl groups is 1. The van der Waals surface area contributed by atoms with Crippen LogP contribution in [0.4, 0.5) is 0 Å². The van der Waals surface area contributed by atoms with Gasteiger partial charge in [-0.1, -0.05) is 34.1 Å². The molecule has 0 aliphatic heterocycles. The van der Waals surface area contributed by atoms with Crippen LogP contribution in [0, 0.1) is 5.41 Å². The van der Waals surface area contributed by atoms with Crippen molar-refractivity contribution in [1.82, 2.24) is 14.8 Å². The summed E-state index contributed by atoms with van der Waals surface area (Å²) in [6, 6.07) is 0.0940. The van der Waals surface area contributed by atoms with Crippen LogP contribution in [-0.4, -0.2) is 26.0 Å². The van der Waals surface area contributed by atoms with Gasteiger partial charge in [-0.3, -0.25) is 0 Å². The van der Waals surface area contributed by atoms with Gasteiger partial charge < -0.3 is 5.11 Å². The molecule has 2 rings (SSSR count). The van der Waals surface area contributed by atoms with Crippen LogP contribution in [0.15, 0.2) is 0 Å². The maximum Gasteiger partial charge on any atom is 0.150 e. The molecule has 1 saturated carbocycles. The monoisotopic (exact) mass is 251 g/mol. The Labute approximate surface area is 109 Å². The van der Waals surface area contributed by atoms with Crippen molar-refractivity contribution in [2.45, 2.75) is 71.9 Å². The van der Waals surface area contributed by atoms with E-state index in [0.717, 1.165) is 43.8 Å². The lowest BCUT2D eigenvalue weighted by Gasteiger charge is -2.40. The van der Waals surface area contributed by atoms with E-state index in [1.54, 1.807) is 0 Å². The molecule has 0 saturated heterocycles. The van der Waals surface area contributed by atoms with Gasteiger partial charge in [0.25, 0.3) is 0 Å². The Hall–Kier alpha value is -0.900. The van der Waals surface area contributed by atoms with Gasteiger partial charge in [-0.05, 0) is 18.3 Å². The first-order valence-corrected chi connectivity index (χ1v) is 7.12. The molecule has 0 spiro atoms. The molecule has 4 nitrogen and oxygen atoms in total. The van der Waals surface area contributed by atoms with Crippen LogP contribution in [0.1, 0.15) is 64.6 Å². The van der Waals surface area contributed by atoms with Gasteiger partial charge in [0.1, 0.15) is 5.82 Å². The molecule has 1 aromatic rings. The average molecular weight is 251 g/mol. The molecule has 1 N–H and O–H groups in total. The molecule has 2 unspecified atom stereocenters. The van der Waals surface area contributed by atoms with E-state index >= 15 is 0 Å². The van der Waals surface area contributed by atoms with E-state index in [1.807, 2.05) is 4.68 Å². The van der Waals surface area contributed by atoms with Crippen molar-refractivity contribution < 1.29 is 5.11 Å². The Morgan fingerprint density at radius 2 is 2.06 bits per heavy atom. The first-order valence-electron chi connectivity index (χ1n) is 7.12. The van der Waals surface area contributed by atoms with E-state index in [1.165, 1.54) is 0 Å². The number of nitrogens with zero attached hydrogens (tertiary/aromatic N) is 3. The van der Waals surface area contributed by atoms with Crippen LogP contribution in [0.5, 0.6) is 0 Å². The van der Waals surface area contributed by atoms with Crippen molar-refractivity contribution in [3.63, 3.8) is 0 Å². The van der Waals surface area contributed by atoms with Gasteiger partial charge in [-0.15, -0.1) is 0 Å². The van der Waals surface area contributed by atoms with Crippen molar-refractivity contribution in [2.24, 2.45) is 5.41 Å². The maximum absolute atomic E-state index is 10.6. The number of rotatable bonds is 3. The third kappa shape index (κ3) is 2.30. The Morgan fingerprint density at radius 3 is 2.67 bits per heavy atom. The number of hydrogen-bond donors (Lipinski definition) is 1. The molecule has 1 aliphatic rings. The van der Waals surface area contributed by atoms with Crippen LogP contribution in [0.3, 0.4) is 0 Å². The lowest BCUT2D eigenvalue weighted by Crippen LogP contribution is -2.41. The first kappa shape index (κ1) is 13.5. The highest BCUT2D eigenvalue weighted by Gasteiger charge is 2.39. The third-order valence-corrected chi connectivity index (χ3v) is 4.18. The molecule has 1 heterocycles. The molecular formula is C14H25N3O. The van der Waals surface area contributed by atoms with E-state index in [2.05, 4.69) is 37.8 Å². The molecule has 0 aromatic carbocycles. The van der Waals surface area contributed by atoms with E-state index in [-0.39, 0.29) is 17.6 Å². The zero-order valence-electron chi connectivity index (χ0n) is 12.0. The van der Waals surface area contributed by atoms with Gasteiger partial charge in [0.15, 0.2) is 5.82 Å². The van der Waals surface area contributed by atoms with Crippen molar-refractivity contribution in [3.8, 4) is 0 Å². The minimum atomic E-state index is -0.331. The Morgan fingerprint density at radius 1 is 1.33 bits per heavy atom. The summed E-state index contributed by atoms with van der Waals surface area (Å²) in [6.45, 7) is 8.46. The second-order valence-corrected chi connectivity index (χ2v) is 5.99. The molecule has 18 heavy (non-hydrogen) atoms. The van der Waals surface area contributed by atoms with Crippen molar-refractivity contribution >= 4 is 0 Å². The molecule has 1 aromatic heterocycles. The minimum Gasteiger partial charge on any atom is -0.390 e. The molecule has 4 heteroatoms. The highest BCUT2D eigenvalue weighted by molar-refractivity contribution is 4.99. The number of aromatic nitrogens is 3. The predicted octanol–water partition coefficient (Wildman–Crippen LogP) is 2.52. The molecule has 102 valence electrons. The van der Waals surface area contributed by atoms with Crippen molar-refractivity contribution in [2.75, 3.05) is 0 Å². The van der Waals surface area contributed by atoms with Crippen LogP contribution < -0.4 is 0 Å². The van der Waals surface area contributed by atoms with Gasteiger partial charge >= 0.3 is 0 Å². The summed E-state index contributed by atoms with van der Waals surface area (Å²) >= 11 is 0. The van der Waals surface area contributed by atoms with Crippen LogP contribution >= 0.6 is 0 Å². The summed E-state index contributed by atoms with van der Waals surface area (Å²) in [7, 11) is 0. The molecule has 1 aliphatic carbocycles. The summed E-state index contributed by atoms with van der Waals surface area (Å²) < 4.78 is 1.99. The van der Waals surface area contributed by atoms with Crippen molar-refractivity contribution in [3.05, 3.63) is 11.6 Å². The standard InChI is InChI=1S/C14H25N3O/c1-5-11-15-12(6-2)17(16-11)10-8-7-9-14(3,4)13(10)18/h10,13,18H,5-9H2,1-4H3. The van der Waals surface area contributed by atoms with Crippen LogP contribution in [0.25, 0.3) is 0 Å². The van der Waals surface area contributed by atoms with E-state index in [9.17, 15) is 5.11 Å². The molecule has 0 radical (unpaired) electrons. The molecule has 2 atom stereocenters. The third-order valence-electron chi connectivity index (χ3n) is 4.18. The topological polar surface area (TPSA) is 50.9 Å². The Bertz CT molecular complexity index is 411. The highest BCUT2D eigenvalue weighted by atomic mass is 16.3. The zero-order chi connectivity index (χ0) is 13.3. The molecule has 0 bridgehead atoms. The van der Waals surface area contributed by atoms with E-state index < -0.39 is 0 Å². The minimum absolute atomic E-state index is 0.0216. The second kappa shape index (κ2) is 5.00. The summed E-state index contributed by atoms with van der Waals surface area (Å²) in [5.74, 6) is 1.90. The maximum atomic E-state index is 10.6. The SMILES string of the molecule is CCc1nc(CC)n(C2CCCC(C)(C)C2O)n1. The molecular weight excluding hydrogens is 226 g/mol. The summed E-state index contributed by atoms with van der Waals surface area (Å²) in [4.78, 5) is 4.55. The summed E-state index contributed by atoms with van der Waals surface area (Å²) in [5, 5.41) is 15.1. The average Bonchev–Trinajstić information content (AvgIpc) is 2.75. The molecule has 0 amide bonds. The second-order valence-electron chi connectivity index (χ2n) is 5.99. The van der Waals surface area contributed by atoms with Gasteiger partial charge in [0.2, 0.25) is 0 Å². The highest BCUT2D eigenvalue weighted by Crippen LogP contribution is 2.41. The van der Waals surface area contributed by atoms with Crippen LogP contribution in [-0.2, 0) is 12.8 Å². The fourth-order valence-electron chi connectivity index (χ4n) is 2.91. The van der Waals surface area contributed by atoms with Gasteiger partial charge in [-0.25, -0.2) is 9.67 Å². The van der Waals surface area contributed by atoms with Gasteiger partial charge in [-0.2, -0.15) is 5.10 Å². The first-order chi connectivity index (χ1) is 8.49. The number of aliphatic hydroxyl groups excluding tert-OH is 1. The Balaban J connectivity index is 2.32. The normalized spacial score (nSPS) is 27.4. The fourth-order valence-corrected chi connectivity index (χ4v) is 2.91. The Kier molecular flexibility index (Phi) is 3.76. The van der Waals surface area contributed by atoms with Gasteiger partial charge in [0, 0.05) is 12.8 Å².